The number of rotatable bonds is 4. The molecule has 102 valence electrons. The van der Waals surface area contributed by atoms with Crippen molar-refractivity contribution >= 4 is 5.69 Å². The van der Waals surface area contributed by atoms with Crippen molar-refractivity contribution in [2.24, 2.45) is 0 Å². The van der Waals surface area contributed by atoms with E-state index in [1.165, 1.54) is 0 Å². The monoisotopic (exact) mass is 269 g/mol. The molecule has 0 atom stereocenters. The smallest absolute Gasteiger partial charge is 0.330 e. The van der Waals surface area contributed by atoms with Gasteiger partial charge in [0, 0.05) is 18.1 Å². The number of nitrogens with one attached hydrogen (secondary N) is 2. The van der Waals surface area contributed by atoms with Crippen molar-refractivity contribution in [2.75, 3.05) is 5.32 Å². The van der Waals surface area contributed by atoms with Crippen LogP contribution in [0.25, 0.3) is 5.69 Å². The Balaban J connectivity index is 1.70. The third-order valence-corrected chi connectivity index (χ3v) is 3.06. The van der Waals surface area contributed by atoms with Crippen LogP contribution in [0.2, 0.25) is 0 Å². The molecule has 0 aliphatic heterocycles. The van der Waals surface area contributed by atoms with Gasteiger partial charge in [-0.25, -0.2) is 4.79 Å². The minimum absolute atomic E-state index is 0.142. The molecule has 0 bridgehead atoms. The molecule has 0 saturated heterocycles. The van der Waals surface area contributed by atoms with Crippen molar-refractivity contribution in [1.82, 2.24) is 9.55 Å². The fourth-order valence-corrected chi connectivity index (χ4v) is 2.03. The van der Waals surface area contributed by atoms with Crippen molar-refractivity contribution in [3.63, 3.8) is 0 Å². The number of benzene rings is 1. The van der Waals surface area contributed by atoms with Gasteiger partial charge in [-0.2, -0.15) is 0 Å². The molecule has 3 aromatic rings. The molecule has 0 spiro atoms. The average molecular weight is 269 g/mol. The zero-order valence-corrected chi connectivity index (χ0v) is 11.1. The lowest BCUT2D eigenvalue weighted by atomic mass is 10.2. The zero-order valence-electron chi connectivity index (χ0n) is 11.1. The molecule has 0 radical (unpaired) electrons. The minimum atomic E-state index is -0.142. The Labute approximate surface area is 115 Å². The number of hydrogen-bond donors (Lipinski definition) is 2. The van der Waals surface area contributed by atoms with E-state index in [4.69, 9.17) is 4.42 Å². The second kappa shape index (κ2) is 5.13. The van der Waals surface area contributed by atoms with E-state index in [1.54, 1.807) is 17.0 Å². The highest BCUT2D eigenvalue weighted by atomic mass is 16.3. The quantitative estimate of drug-likeness (QED) is 0.765. The molecule has 2 N–H and O–H groups in total. The highest BCUT2D eigenvalue weighted by molar-refractivity contribution is 5.48. The van der Waals surface area contributed by atoms with Crippen molar-refractivity contribution < 1.29 is 4.42 Å². The molecule has 2 aromatic heterocycles. The predicted molar refractivity (Wildman–Crippen MR) is 77.2 cm³/mol. The summed E-state index contributed by atoms with van der Waals surface area (Å²) in [6.45, 7) is 2.56. The van der Waals surface area contributed by atoms with E-state index in [0.717, 1.165) is 22.9 Å². The van der Waals surface area contributed by atoms with Crippen LogP contribution in [0.1, 0.15) is 11.5 Å². The molecule has 0 saturated carbocycles. The standard InChI is InChI=1S/C15H15N3O2/c1-11-2-7-14(20-11)10-17-12-3-5-13(6-4-12)18-9-8-16-15(18)19/h2-9,17H,10H2,1H3,(H,16,19). The van der Waals surface area contributed by atoms with Gasteiger partial charge in [-0.05, 0) is 43.3 Å². The largest absolute Gasteiger partial charge is 0.465 e. The fraction of sp³-hybridized carbons (Fsp3) is 0.133. The summed E-state index contributed by atoms with van der Waals surface area (Å²) in [6.07, 6.45) is 3.32. The number of anilines is 1. The fourth-order valence-electron chi connectivity index (χ4n) is 2.03. The first kappa shape index (κ1) is 12.3. The number of hydrogen-bond acceptors (Lipinski definition) is 3. The number of furan rings is 1. The van der Waals surface area contributed by atoms with Crippen LogP contribution in [0.15, 0.2) is 58.0 Å². The molecule has 2 heterocycles. The Morgan fingerprint density at radius 2 is 2.00 bits per heavy atom. The van der Waals surface area contributed by atoms with E-state index in [-0.39, 0.29) is 5.69 Å². The van der Waals surface area contributed by atoms with Gasteiger partial charge in [0.2, 0.25) is 0 Å². The maximum Gasteiger partial charge on any atom is 0.330 e. The van der Waals surface area contributed by atoms with Gasteiger partial charge in [-0.15, -0.1) is 0 Å². The second-order valence-corrected chi connectivity index (χ2v) is 4.55. The van der Waals surface area contributed by atoms with Crippen LogP contribution < -0.4 is 11.0 Å². The summed E-state index contributed by atoms with van der Waals surface area (Å²) < 4.78 is 7.05. The van der Waals surface area contributed by atoms with Crippen LogP contribution in [-0.2, 0) is 6.54 Å². The third kappa shape index (κ3) is 2.51. The summed E-state index contributed by atoms with van der Waals surface area (Å²) in [5, 5.41) is 3.27. The SMILES string of the molecule is Cc1ccc(CNc2ccc(-n3cc[nH]c3=O)cc2)o1. The molecular weight excluding hydrogens is 254 g/mol. The Morgan fingerprint density at radius 1 is 1.20 bits per heavy atom. The second-order valence-electron chi connectivity index (χ2n) is 4.55. The van der Waals surface area contributed by atoms with Crippen molar-refractivity contribution in [3.05, 3.63) is 70.8 Å². The van der Waals surface area contributed by atoms with Gasteiger partial charge < -0.3 is 14.7 Å². The number of aromatic nitrogens is 2. The minimum Gasteiger partial charge on any atom is -0.465 e. The van der Waals surface area contributed by atoms with E-state index in [9.17, 15) is 4.79 Å². The summed E-state index contributed by atoms with van der Waals surface area (Å²) in [5.41, 5.74) is 1.67. The highest BCUT2D eigenvalue weighted by Gasteiger charge is 2.01. The first-order chi connectivity index (χ1) is 9.72. The van der Waals surface area contributed by atoms with E-state index < -0.39 is 0 Å². The third-order valence-electron chi connectivity index (χ3n) is 3.06. The molecular formula is C15H15N3O2. The summed E-state index contributed by atoms with van der Waals surface area (Å²) in [4.78, 5) is 14.1. The normalized spacial score (nSPS) is 10.7. The van der Waals surface area contributed by atoms with Crippen LogP contribution >= 0.6 is 0 Å². The molecule has 3 rings (SSSR count). The van der Waals surface area contributed by atoms with Gasteiger partial charge in [0.25, 0.3) is 0 Å². The van der Waals surface area contributed by atoms with E-state index in [2.05, 4.69) is 10.3 Å². The van der Waals surface area contributed by atoms with E-state index in [1.807, 2.05) is 43.3 Å². The lowest BCUT2D eigenvalue weighted by Crippen LogP contribution is -2.13. The summed E-state index contributed by atoms with van der Waals surface area (Å²) in [5.74, 6) is 1.80. The molecule has 1 aromatic carbocycles. The Kier molecular flexibility index (Phi) is 3.16. The van der Waals surface area contributed by atoms with Gasteiger partial charge >= 0.3 is 5.69 Å². The first-order valence-electron chi connectivity index (χ1n) is 6.38. The summed E-state index contributed by atoms with van der Waals surface area (Å²) >= 11 is 0. The predicted octanol–water partition coefficient (Wildman–Crippen LogP) is 2.68. The molecule has 20 heavy (non-hydrogen) atoms. The average Bonchev–Trinajstić information content (AvgIpc) is 3.06. The Bertz CT molecular complexity index is 750. The van der Waals surface area contributed by atoms with Gasteiger partial charge in [-0.1, -0.05) is 0 Å². The Hall–Kier alpha value is -2.69. The van der Waals surface area contributed by atoms with Crippen LogP contribution in [0.3, 0.4) is 0 Å². The Morgan fingerprint density at radius 3 is 2.60 bits per heavy atom. The van der Waals surface area contributed by atoms with Crippen LogP contribution in [0, 0.1) is 6.92 Å². The molecule has 0 amide bonds. The van der Waals surface area contributed by atoms with E-state index in [0.29, 0.717) is 6.54 Å². The number of imidazole rings is 1. The maximum absolute atomic E-state index is 11.5. The number of aromatic amines is 1. The van der Waals surface area contributed by atoms with Crippen LogP contribution in [-0.4, -0.2) is 9.55 Å². The molecule has 0 aliphatic rings. The van der Waals surface area contributed by atoms with Crippen molar-refractivity contribution in [1.29, 1.82) is 0 Å². The molecule has 0 aliphatic carbocycles. The number of H-pyrrole nitrogens is 1. The van der Waals surface area contributed by atoms with E-state index >= 15 is 0 Å². The van der Waals surface area contributed by atoms with Crippen LogP contribution in [0.5, 0.6) is 0 Å². The molecule has 5 nitrogen and oxygen atoms in total. The first-order valence-corrected chi connectivity index (χ1v) is 6.38. The van der Waals surface area contributed by atoms with Gasteiger partial charge in [-0.3, -0.25) is 4.57 Å². The molecule has 0 unspecified atom stereocenters. The van der Waals surface area contributed by atoms with Crippen LogP contribution in [0.4, 0.5) is 5.69 Å². The number of aryl methyl sites for hydroxylation is 1. The lowest BCUT2D eigenvalue weighted by molar-refractivity contribution is 0.490. The zero-order chi connectivity index (χ0) is 13.9. The van der Waals surface area contributed by atoms with Gasteiger partial charge in [0.05, 0.1) is 12.2 Å². The van der Waals surface area contributed by atoms with Crippen molar-refractivity contribution in [2.45, 2.75) is 13.5 Å². The summed E-state index contributed by atoms with van der Waals surface area (Å²) in [7, 11) is 0. The van der Waals surface area contributed by atoms with Gasteiger partial charge in [0.15, 0.2) is 0 Å². The van der Waals surface area contributed by atoms with Crippen molar-refractivity contribution in [3.8, 4) is 5.69 Å². The summed E-state index contributed by atoms with van der Waals surface area (Å²) in [6, 6.07) is 11.6. The highest BCUT2D eigenvalue weighted by Crippen LogP contribution is 2.14. The lowest BCUT2D eigenvalue weighted by Gasteiger charge is -2.06. The topological polar surface area (TPSA) is 63.0 Å². The van der Waals surface area contributed by atoms with Gasteiger partial charge in [0.1, 0.15) is 11.5 Å². The molecule has 0 fully saturated rings. The molecule has 5 heteroatoms. The maximum atomic E-state index is 11.5. The number of nitrogens with zero attached hydrogens (tertiary/aromatic N) is 1.